The van der Waals surface area contributed by atoms with E-state index in [-0.39, 0.29) is 5.91 Å². The molecule has 0 spiro atoms. The molecule has 0 aliphatic carbocycles. The van der Waals surface area contributed by atoms with Gasteiger partial charge in [-0.25, -0.2) is 0 Å². The van der Waals surface area contributed by atoms with Gasteiger partial charge in [0.25, 0.3) is 5.91 Å². The summed E-state index contributed by atoms with van der Waals surface area (Å²) in [4.78, 5) is 12.3. The van der Waals surface area contributed by atoms with E-state index in [0.717, 1.165) is 11.3 Å². The molecule has 0 atom stereocenters. The van der Waals surface area contributed by atoms with Crippen LogP contribution in [0.5, 0.6) is 5.75 Å². The Labute approximate surface area is 118 Å². The van der Waals surface area contributed by atoms with E-state index in [9.17, 15) is 4.79 Å². The van der Waals surface area contributed by atoms with Gasteiger partial charge < -0.3 is 15.8 Å². The molecule has 20 heavy (non-hydrogen) atoms. The maximum absolute atomic E-state index is 12.3. The maximum atomic E-state index is 12.3. The average Bonchev–Trinajstić information content (AvgIpc) is 2.41. The molecule has 4 heteroatoms. The number of nitrogens with two attached hydrogens (primary N) is 1. The molecule has 0 bridgehead atoms. The normalized spacial score (nSPS) is 10.1. The lowest BCUT2D eigenvalue weighted by molar-refractivity contribution is 0.102. The van der Waals surface area contributed by atoms with E-state index in [1.54, 1.807) is 18.2 Å². The third-order valence-electron chi connectivity index (χ3n) is 2.90. The van der Waals surface area contributed by atoms with Crippen LogP contribution in [-0.4, -0.2) is 12.5 Å². The first-order valence-corrected chi connectivity index (χ1v) is 6.50. The van der Waals surface area contributed by atoms with Crippen LogP contribution in [0, 0.1) is 6.92 Å². The number of hydrogen-bond acceptors (Lipinski definition) is 3. The van der Waals surface area contributed by atoms with Crippen molar-refractivity contribution in [2.24, 2.45) is 0 Å². The van der Waals surface area contributed by atoms with Crippen molar-refractivity contribution < 1.29 is 9.53 Å². The molecule has 0 saturated carbocycles. The smallest absolute Gasteiger partial charge is 0.255 e. The van der Waals surface area contributed by atoms with E-state index >= 15 is 0 Å². The second kappa shape index (κ2) is 6.10. The minimum absolute atomic E-state index is 0.201. The molecule has 0 fully saturated rings. The topological polar surface area (TPSA) is 64.3 Å². The van der Waals surface area contributed by atoms with Gasteiger partial charge in [-0.05, 0) is 37.6 Å². The highest BCUT2D eigenvalue weighted by molar-refractivity contribution is 6.05. The third-order valence-corrected chi connectivity index (χ3v) is 2.90. The van der Waals surface area contributed by atoms with Crippen LogP contribution >= 0.6 is 0 Å². The van der Waals surface area contributed by atoms with Crippen LogP contribution in [0.15, 0.2) is 42.5 Å². The molecular weight excluding hydrogens is 252 g/mol. The van der Waals surface area contributed by atoms with Crippen molar-refractivity contribution in [3.8, 4) is 5.75 Å². The summed E-state index contributed by atoms with van der Waals surface area (Å²) in [6, 6.07) is 12.6. The Kier molecular flexibility index (Phi) is 4.25. The van der Waals surface area contributed by atoms with Gasteiger partial charge in [0.1, 0.15) is 5.75 Å². The quantitative estimate of drug-likeness (QED) is 0.838. The Balaban J connectivity index is 2.23. The number of carbonyl (C=O) groups excluding carboxylic acids is 1. The summed E-state index contributed by atoms with van der Waals surface area (Å²) in [7, 11) is 0. The Morgan fingerprint density at radius 2 is 2.00 bits per heavy atom. The molecule has 3 N–H and O–H groups in total. The molecule has 2 aromatic rings. The number of anilines is 2. The summed E-state index contributed by atoms with van der Waals surface area (Å²) in [5.74, 6) is 0.398. The molecule has 0 radical (unpaired) electrons. The summed E-state index contributed by atoms with van der Waals surface area (Å²) < 4.78 is 5.39. The van der Waals surface area contributed by atoms with Gasteiger partial charge in [0.15, 0.2) is 0 Å². The van der Waals surface area contributed by atoms with Crippen molar-refractivity contribution in [3.05, 3.63) is 53.6 Å². The van der Waals surface area contributed by atoms with Gasteiger partial charge in [-0.2, -0.15) is 0 Å². The first-order chi connectivity index (χ1) is 9.60. The van der Waals surface area contributed by atoms with Gasteiger partial charge in [-0.3, -0.25) is 4.79 Å². The summed E-state index contributed by atoms with van der Waals surface area (Å²) >= 11 is 0. The number of aryl methyl sites for hydroxylation is 1. The maximum Gasteiger partial charge on any atom is 0.255 e. The van der Waals surface area contributed by atoms with E-state index in [2.05, 4.69) is 5.32 Å². The summed E-state index contributed by atoms with van der Waals surface area (Å²) in [6.07, 6.45) is 0. The predicted octanol–water partition coefficient (Wildman–Crippen LogP) is 3.23. The lowest BCUT2D eigenvalue weighted by atomic mass is 10.1. The molecule has 2 aromatic carbocycles. The number of amides is 1. The summed E-state index contributed by atoms with van der Waals surface area (Å²) in [6.45, 7) is 4.36. The Morgan fingerprint density at radius 3 is 2.70 bits per heavy atom. The lowest BCUT2D eigenvalue weighted by Gasteiger charge is -2.10. The largest absolute Gasteiger partial charge is 0.494 e. The minimum Gasteiger partial charge on any atom is -0.494 e. The van der Waals surface area contributed by atoms with Gasteiger partial charge in [-0.1, -0.05) is 18.2 Å². The van der Waals surface area contributed by atoms with Crippen LogP contribution in [0.1, 0.15) is 22.8 Å². The average molecular weight is 270 g/mol. The second-order valence-corrected chi connectivity index (χ2v) is 4.49. The van der Waals surface area contributed by atoms with Gasteiger partial charge in [0.2, 0.25) is 0 Å². The predicted molar refractivity (Wildman–Crippen MR) is 81.2 cm³/mol. The molecule has 0 unspecified atom stereocenters. The number of benzene rings is 2. The van der Waals surface area contributed by atoms with Crippen LogP contribution < -0.4 is 15.8 Å². The van der Waals surface area contributed by atoms with Gasteiger partial charge in [0, 0.05) is 23.0 Å². The zero-order valence-corrected chi connectivity index (χ0v) is 11.6. The molecular formula is C16H18N2O2. The van der Waals surface area contributed by atoms with E-state index < -0.39 is 0 Å². The van der Waals surface area contributed by atoms with Crippen molar-refractivity contribution in [1.29, 1.82) is 0 Å². The highest BCUT2D eigenvalue weighted by atomic mass is 16.5. The zero-order chi connectivity index (χ0) is 14.5. The van der Waals surface area contributed by atoms with Crippen molar-refractivity contribution in [2.75, 3.05) is 17.7 Å². The summed E-state index contributed by atoms with van der Waals surface area (Å²) in [5.41, 5.74) is 8.58. The highest BCUT2D eigenvalue weighted by Gasteiger charge is 2.10. The van der Waals surface area contributed by atoms with E-state index in [0.29, 0.717) is 23.6 Å². The number of ether oxygens (including phenoxy) is 1. The molecule has 104 valence electrons. The lowest BCUT2D eigenvalue weighted by Crippen LogP contribution is -2.13. The van der Waals surface area contributed by atoms with Gasteiger partial charge in [0.05, 0.1) is 6.61 Å². The fourth-order valence-corrected chi connectivity index (χ4v) is 1.91. The molecule has 0 aliphatic rings. The number of nitrogens with one attached hydrogen (secondary N) is 1. The Bertz CT molecular complexity index is 624. The molecule has 0 aliphatic heterocycles. The van der Waals surface area contributed by atoms with Crippen molar-refractivity contribution in [2.45, 2.75) is 13.8 Å². The molecule has 0 aromatic heterocycles. The van der Waals surface area contributed by atoms with E-state index in [1.165, 1.54) is 0 Å². The number of carbonyl (C=O) groups is 1. The minimum atomic E-state index is -0.201. The van der Waals surface area contributed by atoms with Crippen LogP contribution in [0.25, 0.3) is 0 Å². The number of rotatable bonds is 4. The molecule has 0 heterocycles. The van der Waals surface area contributed by atoms with Crippen LogP contribution in [0.4, 0.5) is 11.4 Å². The number of hydrogen-bond donors (Lipinski definition) is 2. The van der Waals surface area contributed by atoms with Gasteiger partial charge >= 0.3 is 0 Å². The first-order valence-electron chi connectivity index (χ1n) is 6.50. The molecule has 2 rings (SSSR count). The van der Waals surface area contributed by atoms with Crippen LogP contribution in [0.2, 0.25) is 0 Å². The monoisotopic (exact) mass is 270 g/mol. The Hall–Kier alpha value is -2.49. The highest BCUT2D eigenvalue weighted by Crippen LogP contribution is 2.21. The van der Waals surface area contributed by atoms with Crippen molar-refractivity contribution >= 4 is 17.3 Å². The second-order valence-electron chi connectivity index (χ2n) is 4.49. The SMILES string of the molecule is CCOc1cc(N)cc(C(=O)Nc2ccccc2C)c1. The summed E-state index contributed by atoms with van der Waals surface area (Å²) in [5, 5.41) is 2.87. The number of nitrogen functional groups attached to an aromatic ring is 1. The van der Waals surface area contributed by atoms with Gasteiger partial charge in [-0.15, -0.1) is 0 Å². The van der Waals surface area contributed by atoms with Crippen molar-refractivity contribution in [1.82, 2.24) is 0 Å². The van der Waals surface area contributed by atoms with E-state index in [4.69, 9.17) is 10.5 Å². The van der Waals surface area contributed by atoms with Crippen molar-refractivity contribution in [3.63, 3.8) is 0 Å². The fraction of sp³-hybridized carbons (Fsp3) is 0.188. The molecule has 4 nitrogen and oxygen atoms in total. The number of para-hydroxylation sites is 1. The Morgan fingerprint density at radius 1 is 1.25 bits per heavy atom. The molecule has 0 saturated heterocycles. The molecule has 1 amide bonds. The van der Waals surface area contributed by atoms with Crippen LogP contribution in [-0.2, 0) is 0 Å². The zero-order valence-electron chi connectivity index (χ0n) is 11.6. The fourth-order valence-electron chi connectivity index (χ4n) is 1.91. The standard InChI is InChI=1S/C16H18N2O2/c1-3-20-14-9-12(8-13(17)10-14)16(19)18-15-7-5-4-6-11(15)2/h4-10H,3,17H2,1-2H3,(H,18,19). The third kappa shape index (κ3) is 3.29. The van der Waals surface area contributed by atoms with E-state index in [1.807, 2.05) is 38.1 Å². The first kappa shape index (κ1) is 13.9. The van der Waals surface area contributed by atoms with Crippen LogP contribution in [0.3, 0.4) is 0 Å².